The summed E-state index contributed by atoms with van der Waals surface area (Å²) < 4.78 is 6.92. The zero-order valence-electron chi connectivity index (χ0n) is 13.8. The molecule has 0 saturated carbocycles. The third-order valence-corrected chi connectivity index (χ3v) is 3.81. The van der Waals surface area contributed by atoms with Crippen LogP contribution in [-0.2, 0) is 6.54 Å². The van der Waals surface area contributed by atoms with E-state index in [1.807, 2.05) is 52.1 Å². The van der Waals surface area contributed by atoms with Crippen molar-refractivity contribution < 1.29 is 9.53 Å². The maximum atomic E-state index is 12.6. The maximum Gasteiger partial charge on any atom is 0.272 e. The molecule has 0 unspecified atom stereocenters. The van der Waals surface area contributed by atoms with E-state index in [0.29, 0.717) is 12.2 Å². The minimum atomic E-state index is -0.00138. The summed E-state index contributed by atoms with van der Waals surface area (Å²) in [6.45, 7) is 6.47. The molecule has 0 spiro atoms. The lowest BCUT2D eigenvalue weighted by atomic mass is 10.2. The molecule has 0 aliphatic heterocycles. The molecular formula is C17H23N3O2. The summed E-state index contributed by atoms with van der Waals surface area (Å²) in [5.41, 5.74) is 2.61. The monoisotopic (exact) mass is 301 g/mol. The van der Waals surface area contributed by atoms with Gasteiger partial charge in [0, 0.05) is 18.7 Å². The molecule has 0 radical (unpaired) electrons. The van der Waals surface area contributed by atoms with Crippen molar-refractivity contribution in [2.45, 2.75) is 33.4 Å². The lowest BCUT2D eigenvalue weighted by Crippen LogP contribution is -2.35. The van der Waals surface area contributed by atoms with Gasteiger partial charge in [0.05, 0.1) is 19.9 Å². The summed E-state index contributed by atoms with van der Waals surface area (Å²) in [5, 5.41) is 4.35. The summed E-state index contributed by atoms with van der Waals surface area (Å²) in [6.07, 6.45) is 1.74. The van der Waals surface area contributed by atoms with Gasteiger partial charge < -0.3 is 9.64 Å². The molecule has 0 fully saturated rings. The highest BCUT2D eigenvalue weighted by Crippen LogP contribution is 2.16. The molecule has 22 heavy (non-hydrogen) atoms. The van der Waals surface area contributed by atoms with E-state index in [-0.39, 0.29) is 11.9 Å². The zero-order valence-corrected chi connectivity index (χ0v) is 13.8. The molecule has 0 atom stereocenters. The number of amides is 1. The third-order valence-electron chi connectivity index (χ3n) is 3.81. The molecule has 0 aliphatic rings. The van der Waals surface area contributed by atoms with Gasteiger partial charge >= 0.3 is 0 Å². The van der Waals surface area contributed by atoms with Gasteiger partial charge in [-0.05, 0) is 38.5 Å². The normalized spacial score (nSPS) is 10.8. The van der Waals surface area contributed by atoms with E-state index in [0.717, 1.165) is 16.9 Å². The molecule has 0 bridgehead atoms. The van der Waals surface area contributed by atoms with Gasteiger partial charge in [0.25, 0.3) is 5.91 Å². The number of aromatic nitrogens is 2. The van der Waals surface area contributed by atoms with Gasteiger partial charge in [0.2, 0.25) is 0 Å². The number of methoxy groups -OCH3 is 1. The summed E-state index contributed by atoms with van der Waals surface area (Å²) in [5.74, 6) is 0.815. The fourth-order valence-corrected chi connectivity index (χ4v) is 2.18. The van der Waals surface area contributed by atoms with Crippen molar-refractivity contribution in [2.75, 3.05) is 14.2 Å². The molecule has 1 heterocycles. The van der Waals surface area contributed by atoms with Gasteiger partial charge in [-0.25, -0.2) is 0 Å². The lowest BCUT2D eigenvalue weighted by molar-refractivity contribution is 0.0742. The topological polar surface area (TPSA) is 47.4 Å². The lowest BCUT2D eigenvalue weighted by Gasteiger charge is -2.22. The highest BCUT2D eigenvalue weighted by Gasteiger charge is 2.21. The molecule has 5 heteroatoms. The molecule has 2 rings (SSSR count). The van der Waals surface area contributed by atoms with Crippen molar-refractivity contribution in [3.8, 4) is 5.75 Å². The fraction of sp³-hybridized carbons (Fsp3) is 0.412. The average molecular weight is 301 g/mol. The van der Waals surface area contributed by atoms with Crippen LogP contribution >= 0.6 is 0 Å². The van der Waals surface area contributed by atoms with Crippen molar-refractivity contribution in [2.24, 2.45) is 0 Å². The largest absolute Gasteiger partial charge is 0.497 e. The summed E-state index contributed by atoms with van der Waals surface area (Å²) >= 11 is 0. The van der Waals surface area contributed by atoms with Crippen LogP contribution in [0.5, 0.6) is 5.75 Å². The standard InChI is InChI=1S/C17H23N3O2/c1-12(2)19(4)17(21)16-13(3)10-18-20(16)11-14-6-8-15(22-5)9-7-14/h6-10,12H,11H2,1-5H3. The minimum absolute atomic E-state index is 0.00138. The Labute approximate surface area is 131 Å². The number of carbonyl (C=O) groups is 1. The molecule has 118 valence electrons. The molecule has 5 nitrogen and oxygen atoms in total. The van der Waals surface area contributed by atoms with Crippen molar-refractivity contribution in [3.63, 3.8) is 0 Å². The smallest absolute Gasteiger partial charge is 0.272 e. The first kappa shape index (κ1) is 16.1. The number of benzene rings is 1. The molecule has 0 N–H and O–H groups in total. The van der Waals surface area contributed by atoms with E-state index in [2.05, 4.69) is 5.10 Å². The second-order valence-corrected chi connectivity index (χ2v) is 5.69. The van der Waals surface area contributed by atoms with Crippen LogP contribution in [0.4, 0.5) is 0 Å². The van der Waals surface area contributed by atoms with Gasteiger partial charge in [-0.1, -0.05) is 12.1 Å². The SMILES string of the molecule is COc1ccc(Cn2ncc(C)c2C(=O)N(C)C(C)C)cc1. The Morgan fingerprint density at radius 3 is 2.50 bits per heavy atom. The van der Waals surface area contributed by atoms with E-state index in [1.54, 1.807) is 22.9 Å². The second kappa shape index (κ2) is 6.64. The summed E-state index contributed by atoms with van der Waals surface area (Å²) in [4.78, 5) is 14.4. The number of ether oxygens (including phenoxy) is 1. The molecule has 0 saturated heterocycles. The Morgan fingerprint density at radius 1 is 1.32 bits per heavy atom. The first-order chi connectivity index (χ1) is 10.4. The number of aryl methyl sites for hydroxylation is 1. The average Bonchev–Trinajstić information content (AvgIpc) is 2.87. The highest BCUT2D eigenvalue weighted by molar-refractivity contribution is 5.94. The highest BCUT2D eigenvalue weighted by atomic mass is 16.5. The van der Waals surface area contributed by atoms with Gasteiger partial charge in [-0.2, -0.15) is 5.10 Å². The van der Waals surface area contributed by atoms with Gasteiger partial charge in [0.15, 0.2) is 0 Å². The van der Waals surface area contributed by atoms with Crippen molar-refractivity contribution in [3.05, 3.63) is 47.3 Å². The number of hydrogen-bond donors (Lipinski definition) is 0. The van der Waals surface area contributed by atoms with Gasteiger partial charge in [-0.3, -0.25) is 9.48 Å². The zero-order chi connectivity index (χ0) is 16.3. The molecule has 1 amide bonds. The predicted molar refractivity (Wildman–Crippen MR) is 86.3 cm³/mol. The van der Waals surface area contributed by atoms with Crippen LogP contribution in [0, 0.1) is 6.92 Å². The maximum absolute atomic E-state index is 12.6. The van der Waals surface area contributed by atoms with Crippen LogP contribution in [0.25, 0.3) is 0 Å². The summed E-state index contributed by atoms with van der Waals surface area (Å²) in [7, 11) is 3.46. The Morgan fingerprint density at radius 2 is 1.95 bits per heavy atom. The number of rotatable bonds is 5. The number of carbonyl (C=O) groups excluding carboxylic acids is 1. The van der Waals surface area contributed by atoms with Gasteiger partial charge in [-0.15, -0.1) is 0 Å². The van der Waals surface area contributed by atoms with E-state index in [4.69, 9.17) is 4.74 Å². The van der Waals surface area contributed by atoms with E-state index in [1.165, 1.54) is 0 Å². The molecule has 1 aromatic heterocycles. The van der Waals surface area contributed by atoms with E-state index in [9.17, 15) is 4.79 Å². The van der Waals surface area contributed by atoms with Crippen LogP contribution in [0.15, 0.2) is 30.5 Å². The third kappa shape index (κ3) is 3.30. The van der Waals surface area contributed by atoms with Crippen LogP contribution < -0.4 is 4.74 Å². The summed E-state index contributed by atoms with van der Waals surface area (Å²) in [6, 6.07) is 7.93. The van der Waals surface area contributed by atoms with Gasteiger partial charge in [0.1, 0.15) is 11.4 Å². The van der Waals surface area contributed by atoms with Crippen LogP contribution in [0.3, 0.4) is 0 Å². The van der Waals surface area contributed by atoms with Crippen molar-refractivity contribution in [1.82, 2.24) is 14.7 Å². The first-order valence-electron chi connectivity index (χ1n) is 7.36. The van der Waals surface area contributed by atoms with Crippen molar-refractivity contribution in [1.29, 1.82) is 0 Å². The minimum Gasteiger partial charge on any atom is -0.497 e. The second-order valence-electron chi connectivity index (χ2n) is 5.69. The molecule has 2 aromatic rings. The van der Waals surface area contributed by atoms with E-state index >= 15 is 0 Å². The molecular weight excluding hydrogens is 278 g/mol. The fourth-order valence-electron chi connectivity index (χ4n) is 2.18. The first-order valence-corrected chi connectivity index (χ1v) is 7.36. The Balaban J connectivity index is 2.27. The predicted octanol–water partition coefficient (Wildman–Crippen LogP) is 2.73. The van der Waals surface area contributed by atoms with Crippen molar-refractivity contribution >= 4 is 5.91 Å². The Bertz CT molecular complexity index is 644. The van der Waals surface area contributed by atoms with Crippen LogP contribution in [-0.4, -0.2) is 40.8 Å². The Kier molecular flexibility index (Phi) is 4.85. The van der Waals surface area contributed by atoms with Crippen LogP contribution in [0.2, 0.25) is 0 Å². The number of hydrogen-bond acceptors (Lipinski definition) is 3. The van der Waals surface area contributed by atoms with Crippen LogP contribution in [0.1, 0.15) is 35.5 Å². The molecule has 1 aromatic carbocycles. The van der Waals surface area contributed by atoms with E-state index < -0.39 is 0 Å². The number of nitrogens with zero attached hydrogens (tertiary/aromatic N) is 3. The molecule has 0 aliphatic carbocycles. The Hall–Kier alpha value is -2.30. The quantitative estimate of drug-likeness (QED) is 0.853.